The average Bonchev–Trinajstić information content (AvgIpc) is 2.54. The smallest absolute Gasteiger partial charge is 0.317 e. The van der Waals surface area contributed by atoms with Gasteiger partial charge in [0.2, 0.25) is 0 Å². The molecule has 1 unspecified atom stereocenters. The summed E-state index contributed by atoms with van der Waals surface area (Å²) in [5, 5.41) is 22.7. The first kappa shape index (κ1) is 16.7. The first-order chi connectivity index (χ1) is 10.9. The second-order valence-corrected chi connectivity index (χ2v) is 5.59. The Morgan fingerprint density at radius 1 is 1.35 bits per heavy atom. The van der Waals surface area contributed by atoms with Crippen molar-refractivity contribution in [3.63, 3.8) is 0 Å². The summed E-state index contributed by atoms with van der Waals surface area (Å²) in [6, 6.07) is 5.42. The molecule has 0 bridgehead atoms. The summed E-state index contributed by atoms with van der Waals surface area (Å²) in [7, 11) is 0. The topological polar surface area (TPSA) is 113 Å². The lowest BCUT2D eigenvalue weighted by atomic mass is 9.97. The highest BCUT2D eigenvalue weighted by Gasteiger charge is 2.28. The van der Waals surface area contributed by atoms with Gasteiger partial charge in [-0.3, -0.25) is 14.9 Å². The van der Waals surface area contributed by atoms with Gasteiger partial charge in [0.05, 0.1) is 22.4 Å². The predicted molar refractivity (Wildman–Crippen MR) is 82.0 cm³/mol. The van der Waals surface area contributed by atoms with E-state index in [-0.39, 0.29) is 11.7 Å². The third-order valence-electron chi connectivity index (χ3n) is 4.07. The number of rotatable bonds is 4. The Morgan fingerprint density at radius 2 is 1.96 bits per heavy atom. The number of nitrogens with one attached hydrogen (secondary N) is 1. The fraction of sp³-hybridized carbons (Fsp3) is 0.467. The molecule has 1 heterocycles. The van der Waals surface area contributed by atoms with Gasteiger partial charge in [-0.05, 0) is 19.8 Å². The lowest BCUT2D eigenvalue weighted by molar-refractivity contribution is -0.385. The van der Waals surface area contributed by atoms with Crippen molar-refractivity contribution in [3.8, 4) is 0 Å². The maximum Gasteiger partial charge on any atom is 0.317 e. The second kappa shape index (κ2) is 7.08. The van der Waals surface area contributed by atoms with Gasteiger partial charge in [-0.25, -0.2) is 4.79 Å². The van der Waals surface area contributed by atoms with Crippen molar-refractivity contribution in [3.05, 3.63) is 39.9 Å². The average molecular weight is 321 g/mol. The van der Waals surface area contributed by atoms with E-state index in [4.69, 9.17) is 5.11 Å². The normalized spacial score (nSPS) is 16.7. The van der Waals surface area contributed by atoms with Gasteiger partial charge in [-0.15, -0.1) is 0 Å². The standard InChI is InChI=1S/C15H19N3O5/c1-10(12-4-2-3-5-13(12)18(22)23)16-15(21)17-8-6-11(7-9-17)14(19)20/h2-5,10-11H,6-9H2,1H3,(H,16,21)(H,19,20). The molecule has 0 radical (unpaired) electrons. The minimum absolute atomic E-state index is 0.0371. The fourth-order valence-corrected chi connectivity index (χ4v) is 2.70. The summed E-state index contributed by atoms with van der Waals surface area (Å²) in [5.74, 6) is -1.25. The molecule has 1 aliphatic heterocycles. The van der Waals surface area contributed by atoms with Gasteiger partial charge in [0.15, 0.2) is 0 Å². The first-order valence-electron chi connectivity index (χ1n) is 7.41. The molecule has 0 saturated carbocycles. The van der Waals surface area contributed by atoms with Gasteiger partial charge < -0.3 is 15.3 Å². The highest BCUT2D eigenvalue weighted by atomic mass is 16.6. The van der Waals surface area contributed by atoms with Crippen LogP contribution in [-0.4, -0.2) is 40.0 Å². The van der Waals surface area contributed by atoms with Crippen LogP contribution in [-0.2, 0) is 4.79 Å². The zero-order chi connectivity index (χ0) is 17.0. The molecule has 1 aromatic rings. The van der Waals surface area contributed by atoms with Crippen LogP contribution >= 0.6 is 0 Å². The molecule has 23 heavy (non-hydrogen) atoms. The van der Waals surface area contributed by atoms with Crippen LogP contribution in [0.2, 0.25) is 0 Å². The Morgan fingerprint density at radius 3 is 2.52 bits per heavy atom. The van der Waals surface area contributed by atoms with Crippen molar-refractivity contribution in [1.82, 2.24) is 10.2 Å². The summed E-state index contributed by atoms with van der Waals surface area (Å²) in [5.41, 5.74) is 0.399. The number of carbonyl (C=O) groups excluding carboxylic acids is 1. The minimum Gasteiger partial charge on any atom is -0.481 e. The molecule has 8 nitrogen and oxygen atoms in total. The van der Waals surface area contributed by atoms with Crippen LogP contribution in [0.4, 0.5) is 10.5 Å². The molecule has 1 saturated heterocycles. The van der Waals surface area contributed by atoms with Crippen LogP contribution in [0.1, 0.15) is 31.4 Å². The molecule has 1 aromatic carbocycles. The van der Waals surface area contributed by atoms with Crippen LogP contribution in [0.15, 0.2) is 24.3 Å². The highest BCUT2D eigenvalue weighted by Crippen LogP contribution is 2.25. The predicted octanol–water partition coefficient (Wildman–Crippen LogP) is 2.16. The SMILES string of the molecule is CC(NC(=O)N1CCC(C(=O)O)CC1)c1ccccc1[N+](=O)[O-]. The molecular formula is C15H19N3O5. The van der Waals surface area contributed by atoms with E-state index >= 15 is 0 Å². The molecule has 2 N–H and O–H groups in total. The summed E-state index contributed by atoms with van der Waals surface area (Å²) >= 11 is 0. The molecule has 2 amide bonds. The van der Waals surface area contributed by atoms with Crippen molar-refractivity contribution in [2.75, 3.05) is 13.1 Å². The third kappa shape index (κ3) is 3.97. The number of hydrogen-bond acceptors (Lipinski definition) is 4. The molecule has 2 rings (SSSR count). The van der Waals surface area contributed by atoms with Crippen LogP contribution in [0.3, 0.4) is 0 Å². The number of piperidine rings is 1. The Balaban J connectivity index is 1.98. The maximum atomic E-state index is 12.2. The molecular weight excluding hydrogens is 302 g/mol. The largest absolute Gasteiger partial charge is 0.481 e. The monoisotopic (exact) mass is 321 g/mol. The first-order valence-corrected chi connectivity index (χ1v) is 7.41. The van der Waals surface area contributed by atoms with Crippen LogP contribution in [0.25, 0.3) is 0 Å². The Hall–Kier alpha value is -2.64. The molecule has 0 aromatic heterocycles. The van der Waals surface area contributed by atoms with Crippen LogP contribution < -0.4 is 5.32 Å². The fourth-order valence-electron chi connectivity index (χ4n) is 2.70. The molecule has 1 aliphatic rings. The van der Waals surface area contributed by atoms with Gasteiger partial charge in [-0.1, -0.05) is 18.2 Å². The molecule has 0 aliphatic carbocycles. The molecule has 8 heteroatoms. The number of nitrogens with zero attached hydrogens (tertiary/aromatic N) is 2. The number of urea groups is 1. The van der Waals surface area contributed by atoms with Gasteiger partial charge >= 0.3 is 12.0 Å². The number of carbonyl (C=O) groups is 2. The van der Waals surface area contributed by atoms with E-state index in [0.717, 1.165) is 0 Å². The van der Waals surface area contributed by atoms with Crippen LogP contribution in [0.5, 0.6) is 0 Å². The summed E-state index contributed by atoms with van der Waals surface area (Å²) in [6.45, 7) is 2.42. The van der Waals surface area contributed by atoms with Gasteiger partial charge in [0.25, 0.3) is 5.69 Å². The van der Waals surface area contributed by atoms with Gasteiger partial charge in [0.1, 0.15) is 0 Å². The van der Waals surface area contributed by atoms with Crippen molar-refractivity contribution in [2.24, 2.45) is 5.92 Å². The lowest BCUT2D eigenvalue weighted by Crippen LogP contribution is -2.46. The molecule has 1 atom stereocenters. The Labute approximate surface area is 133 Å². The maximum absolute atomic E-state index is 12.2. The zero-order valence-corrected chi connectivity index (χ0v) is 12.8. The Kier molecular flexibility index (Phi) is 5.15. The van der Waals surface area contributed by atoms with E-state index in [1.807, 2.05) is 0 Å². The number of nitro benzene ring substituents is 1. The van der Waals surface area contributed by atoms with Gasteiger partial charge in [-0.2, -0.15) is 0 Å². The molecule has 124 valence electrons. The Bertz CT molecular complexity index is 611. The van der Waals surface area contributed by atoms with Crippen LogP contribution in [0, 0.1) is 16.0 Å². The van der Waals surface area contributed by atoms with Crippen molar-refractivity contribution >= 4 is 17.7 Å². The van der Waals surface area contributed by atoms with E-state index in [1.54, 1.807) is 30.0 Å². The lowest BCUT2D eigenvalue weighted by Gasteiger charge is -2.31. The number of hydrogen-bond donors (Lipinski definition) is 2. The number of likely N-dealkylation sites (tertiary alicyclic amines) is 1. The number of amides is 2. The third-order valence-corrected chi connectivity index (χ3v) is 4.07. The highest BCUT2D eigenvalue weighted by molar-refractivity contribution is 5.76. The quantitative estimate of drug-likeness (QED) is 0.652. The molecule has 1 fully saturated rings. The summed E-state index contributed by atoms with van der Waals surface area (Å²) < 4.78 is 0. The van der Waals surface area contributed by atoms with Crippen molar-refractivity contribution in [2.45, 2.75) is 25.8 Å². The molecule has 0 spiro atoms. The van der Waals surface area contributed by atoms with E-state index in [0.29, 0.717) is 31.5 Å². The van der Waals surface area contributed by atoms with Crippen molar-refractivity contribution < 1.29 is 19.6 Å². The second-order valence-electron chi connectivity index (χ2n) is 5.59. The number of nitro groups is 1. The summed E-state index contributed by atoms with van der Waals surface area (Å²) in [4.78, 5) is 35.3. The van der Waals surface area contributed by atoms with Gasteiger partial charge in [0, 0.05) is 19.2 Å². The minimum atomic E-state index is -0.835. The van der Waals surface area contributed by atoms with E-state index < -0.39 is 22.9 Å². The van der Waals surface area contributed by atoms with E-state index in [2.05, 4.69) is 5.32 Å². The zero-order valence-electron chi connectivity index (χ0n) is 12.8. The number of carboxylic acids is 1. The summed E-state index contributed by atoms with van der Waals surface area (Å²) in [6.07, 6.45) is 0.839. The van der Waals surface area contributed by atoms with E-state index in [1.165, 1.54) is 6.07 Å². The van der Waals surface area contributed by atoms with E-state index in [9.17, 15) is 19.7 Å². The number of aliphatic carboxylic acids is 1. The number of benzene rings is 1. The number of carboxylic acid groups (broad SMARTS) is 1. The van der Waals surface area contributed by atoms with Crippen molar-refractivity contribution in [1.29, 1.82) is 0 Å². The number of para-hydroxylation sites is 1.